The molecular formula is C21H23FN4O3. The summed E-state index contributed by atoms with van der Waals surface area (Å²) in [5.41, 5.74) is 1.97. The van der Waals surface area contributed by atoms with Gasteiger partial charge in [0.15, 0.2) is 17.2 Å². The van der Waals surface area contributed by atoms with Gasteiger partial charge in [-0.1, -0.05) is 0 Å². The topological polar surface area (TPSA) is 69.5 Å². The Morgan fingerprint density at radius 1 is 1.31 bits per heavy atom. The second-order valence-electron chi connectivity index (χ2n) is 7.05. The zero-order valence-electron chi connectivity index (χ0n) is 16.5. The summed E-state index contributed by atoms with van der Waals surface area (Å²) < 4.78 is 26.2. The number of rotatable bonds is 6. The van der Waals surface area contributed by atoms with Gasteiger partial charge in [-0.05, 0) is 36.8 Å². The molecule has 7 nitrogen and oxygen atoms in total. The number of amides is 1. The summed E-state index contributed by atoms with van der Waals surface area (Å²) >= 11 is 0. The summed E-state index contributed by atoms with van der Waals surface area (Å²) in [6.45, 7) is 2.32. The number of likely N-dealkylation sites (tertiary alicyclic amines) is 1. The number of hydrogen-bond donors (Lipinski definition) is 0. The predicted octanol–water partition coefficient (Wildman–Crippen LogP) is 2.86. The lowest BCUT2D eigenvalue weighted by molar-refractivity contribution is 0.0789. The monoisotopic (exact) mass is 398 g/mol. The average Bonchev–Trinajstić information content (AvgIpc) is 3.36. The fourth-order valence-corrected chi connectivity index (χ4v) is 3.83. The van der Waals surface area contributed by atoms with Crippen molar-refractivity contribution in [2.24, 2.45) is 0 Å². The Balaban J connectivity index is 1.57. The van der Waals surface area contributed by atoms with Crippen LogP contribution in [0.2, 0.25) is 0 Å². The molecule has 1 atom stereocenters. The molecule has 1 aliphatic rings. The molecule has 1 fully saturated rings. The molecule has 1 aliphatic heterocycles. The van der Waals surface area contributed by atoms with Crippen molar-refractivity contribution < 1.29 is 18.7 Å². The molecule has 3 heterocycles. The first-order valence-corrected chi connectivity index (χ1v) is 9.55. The van der Waals surface area contributed by atoms with E-state index in [4.69, 9.17) is 14.5 Å². The largest absolute Gasteiger partial charge is 0.494 e. The molecule has 29 heavy (non-hydrogen) atoms. The summed E-state index contributed by atoms with van der Waals surface area (Å²) in [4.78, 5) is 23.9. The van der Waals surface area contributed by atoms with Gasteiger partial charge in [0.25, 0.3) is 5.91 Å². The minimum absolute atomic E-state index is 0.0908. The first-order valence-electron chi connectivity index (χ1n) is 9.55. The van der Waals surface area contributed by atoms with Crippen LogP contribution in [0.15, 0.2) is 36.5 Å². The van der Waals surface area contributed by atoms with Crippen molar-refractivity contribution in [3.8, 4) is 5.75 Å². The van der Waals surface area contributed by atoms with Crippen LogP contribution in [-0.4, -0.2) is 59.3 Å². The van der Waals surface area contributed by atoms with E-state index in [1.54, 1.807) is 24.3 Å². The molecule has 1 aromatic carbocycles. The maximum atomic E-state index is 14.0. The van der Waals surface area contributed by atoms with Crippen molar-refractivity contribution in [3.05, 3.63) is 53.7 Å². The van der Waals surface area contributed by atoms with Gasteiger partial charge >= 0.3 is 0 Å². The highest BCUT2D eigenvalue weighted by Gasteiger charge is 2.32. The third-order valence-electron chi connectivity index (χ3n) is 5.29. The summed E-state index contributed by atoms with van der Waals surface area (Å²) in [6, 6.07) is 8.10. The summed E-state index contributed by atoms with van der Waals surface area (Å²) in [6.07, 6.45) is 2.54. The van der Waals surface area contributed by atoms with Gasteiger partial charge in [0, 0.05) is 44.4 Å². The fraction of sp³-hybridized carbons (Fsp3) is 0.381. The number of carbonyl (C=O) groups excluding carboxylic acids is 1. The summed E-state index contributed by atoms with van der Waals surface area (Å²) in [7, 11) is 3.06. The van der Waals surface area contributed by atoms with Gasteiger partial charge in [0.2, 0.25) is 0 Å². The van der Waals surface area contributed by atoms with Crippen molar-refractivity contribution in [1.82, 2.24) is 19.4 Å². The van der Waals surface area contributed by atoms with Crippen molar-refractivity contribution in [2.45, 2.75) is 18.9 Å². The standard InChI is InChI=1S/C21H23FN4O3/c1-28-11-10-26-19(24-17-4-3-8-23-20(17)26)15-7-9-25(13-15)21(27)14-5-6-18(29-2)16(22)12-14/h3-6,8,12,15H,7,9-11,13H2,1-2H3. The van der Waals surface area contributed by atoms with E-state index >= 15 is 0 Å². The number of aromatic nitrogens is 3. The number of fused-ring (bicyclic) bond motifs is 1. The van der Waals surface area contributed by atoms with Crippen LogP contribution in [0.25, 0.3) is 11.2 Å². The number of nitrogens with zero attached hydrogens (tertiary/aromatic N) is 4. The van der Waals surface area contributed by atoms with E-state index < -0.39 is 5.82 Å². The SMILES string of the molecule is COCCn1c(C2CCN(C(=O)c3ccc(OC)c(F)c3)C2)nc2cccnc21. The number of carbonyl (C=O) groups is 1. The van der Waals surface area contributed by atoms with Crippen LogP contribution in [0.1, 0.15) is 28.5 Å². The molecule has 1 amide bonds. The predicted molar refractivity (Wildman–Crippen MR) is 106 cm³/mol. The maximum absolute atomic E-state index is 14.0. The van der Waals surface area contributed by atoms with Crippen LogP contribution >= 0.6 is 0 Å². The van der Waals surface area contributed by atoms with Crippen LogP contribution in [-0.2, 0) is 11.3 Å². The number of ether oxygens (including phenoxy) is 2. The highest BCUT2D eigenvalue weighted by molar-refractivity contribution is 5.94. The van der Waals surface area contributed by atoms with E-state index in [-0.39, 0.29) is 17.6 Å². The molecule has 0 saturated carbocycles. The Hall–Kier alpha value is -3.00. The molecule has 0 bridgehead atoms. The molecule has 0 spiro atoms. The molecule has 4 rings (SSSR count). The number of pyridine rings is 1. The number of benzene rings is 1. The lowest BCUT2D eigenvalue weighted by atomic mass is 10.1. The van der Waals surface area contributed by atoms with Crippen LogP contribution < -0.4 is 4.74 Å². The molecular weight excluding hydrogens is 375 g/mol. The smallest absolute Gasteiger partial charge is 0.253 e. The van der Waals surface area contributed by atoms with Gasteiger partial charge in [-0.25, -0.2) is 14.4 Å². The zero-order chi connectivity index (χ0) is 20.4. The second-order valence-corrected chi connectivity index (χ2v) is 7.05. The molecule has 1 unspecified atom stereocenters. The molecule has 2 aromatic heterocycles. The van der Waals surface area contributed by atoms with Gasteiger partial charge in [0.05, 0.1) is 13.7 Å². The van der Waals surface area contributed by atoms with Gasteiger partial charge in [-0.2, -0.15) is 0 Å². The lowest BCUT2D eigenvalue weighted by Crippen LogP contribution is -2.29. The molecule has 8 heteroatoms. The second kappa shape index (κ2) is 8.16. The maximum Gasteiger partial charge on any atom is 0.253 e. The minimum atomic E-state index is -0.540. The van der Waals surface area contributed by atoms with Gasteiger partial charge in [-0.3, -0.25) is 4.79 Å². The van der Waals surface area contributed by atoms with E-state index in [0.29, 0.717) is 31.8 Å². The Labute approximate surface area is 168 Å². The molecule has 0 radical (unpaired) electrons. The number of halogens is 1. The van der Waals surface area contributed by atoms with E-state index in [0.717, 1.165) is 23.4 Å². The highest BCUT2D eigenvalue weighted by atomic mass is 19.1. The van der Waals surface area contributed by atoms with Crippen LogP contribution in [0.5, 0.6) is 5.75 Å². The summed E-state index contributed by atoms with van der Waals surface area (Å²) in [5, 5.41) is 0. The zero-order valence-corrected chi connectivity index (χ0v) is 16.5. The summed E-state index contributed by atoms with van der Waals surface area (Å²) in [5.74, 6) is 0.397. The van der Waals surface area contributed by atoms with E-state index in [9.17, 15) is 9.18 Å². The Morgan fingerprint density at radius 3 is 2.93 bits per heavy atom. The quantitative estimate of drug-likeness (QED) is 0.639. The van der Waals surface area contributed by atoms with Gasteiger partial charge in [-0.15, -0.1) is 0 Å². The van der Waals surface area contributed by atoms with Crippen LogP contribution in [0.4, 0.5) is 4.39 Å². The van der Waals surface area contributed by atoms with Crippen molar-refractivity contribution in [3.63, 3.8) is 0 Å². The first kappa shape index (κ1) is 19.3. The average molecular weight is 398 g/mol. The van der Waals surface area contributed by atoms with Gasteiger partial charge < -0.3 is 18.9 Å². The Morgan fingerprint density at radius 2 is 2.17 bits per heavy atom. The number of imidazole rings is 1. The normalized spacial score (nSPS) is 16.5. The third kappa shape index (κ3) is 3.67. The van der Waals surface area contributed by atoms with Crippen molar-refractivity contribution in [2.75, 3.05) is 33.9 Å². The van der Waals surface area contributed by atoms with E-state index in [2.05, 4.69) is 9.55 Å². The molecule has 0 aliphatic carbocycles. The lowest BCUT2D eigenvalue weighted by Gasteiger charge is -2.17. The van der Waals surface area contributed by atoms with Crippen LogP contribution in [0.3, 0.4) is 0 Å². The molecule has 3 aromatic rings. The molecule has 0 N–H and O–H groups in total. The Bertz CT molecular complexity index is 1040. The number of hydrogen-bond acceptors (Lipinski definition) is 5. The van der Waals surface area contributed by atoms with Crippen LogP contribution in [0, 0.1) is 5.82 Å². The van der Waals surface area contributed by atoms with Gasteiger partial charge in [0.1, 0.15) is 11.3 Å². The highest BCUT2D eigenvalue weighted by Crippen LogP contribution is 2.30. The number of methoxy groups -OCH3 is 2. The Kier molecular flexibility index (Phi) is 5.44. The third-order valence-corrected chi connectivity index (χ3v) is 5.29. The molecule has 1 saturated heterocycles. The fourth-order valence-electron chi connectivity index (χ4n) is 3.83. The van der Waals surface area contributed by atoms with E-state index in [1.165, 1.54) is 19.2 Å². The first-order chi connectivity index (χ1) is 14.1. The van der Waals surface area contributed by atoms with Crippen molar-refractivity contribution in [1.29, 1.82) is 0 Å². The minimum Gasteiger partial charge on any atom is -0.494 e. The van der Waals surface area contributed by atoms with E-state index in [1.807, 2.05) is 12.1 Å². The molecule has 152 valence electrons. The van der Waals surface area contributed by atoms with Crippen molar-refractivity contribution >= 4 is 17.1 Å².